The smallest absolute Gasteiger partial charge is 0.323 e. The van der Waals surface area contributed by atoms with E-state index in [2.05, 4.69) is 30.7 Å². The third-order valence-electron chi connectivity index (χ3n) is 7.19. The van der Waals surface area contributed by atoms with Crippen LogP contribution in [-0.2, 0) is 11.2 Å². The number of rotatable bonds is 9. The van der Waals surface area contributed by atoms with Crippen LogP contribution in [0.2, 0.25) is 0 Å². The number of carbonyl (C=O) groups is 2. The quantitative estimate of drug-likeness (QED) is 0.322. The number of urea groups is 1. The molecule has 0 aliphatic carbocycles. The second kappa shape index (κ2) is 14.2. The van der Waals surface area contributed by atoms with Gasteiger partial charge in [0.05, 0.1) is 6.42 Å². The predicted octanol–water partition coefficient (Wildman–Crippen LogP) is 3.92. The molecule has 2 aliphatic rings. The number of likely N-dealkylation sites (tertiary alicyclic amines) is 1. The summed E-state index contributed by atoms with van der Waals surface area (Å²) in [5, 5.41) is 8.60. The monoisotopic (exact) mass is 591 g/mol. The van der Waals surface area contributed by atoms with Crippen LogP contribution in [0.4, 0.5) is 20.7 Å². The first kappa shape index (κ1) is 29.4. The highest BCUT2D eigenvalue weighted by Gasteiger charge is 2.22. The molecule has 0 bridgehead atoms. The molecule has 2 saturated heterocycles. The van der Waals surface area contributed by atoms with Crippen molar-refractivity contribution < 1.29 is 18.7 Å². The summed E-state index contributed by atoms with van der Waals surface area (Å²) < 4.78 is 19.0. The van der Waals surface area contributed by atoms with Crippen LogP contribution in [0.1, 0.15) is 12.0 Å². The first-order chi connectivity index (χ1) is 20.4. The molecule has 5 rings (SSSR count). The maximum Gasteiger partial charge on any atom is 0.323 e. The minimum atomic E-state index is -0.354. The first-order valence-corrected chi connectivity index (χ1v) is 14.4. The highest BCUT2D eigenvalue weighted by Crippen LogP contribution is 2.24. The van der Waals surface area contributed by atoms with Gasteiger partial charge in [0.25, 0.3) is 0 Å². The van der Waals surface area contributed by atoms with Gasteiger partial charge < -0.3 is 25.2 Å². The molecule has 0 spiro atoms. The number of piperazine rings is 1. The summed E-state index contributed by atoms with van der Waals surface area (Å²) >= 11 is 5.23. The molecule has 1 aromatic heterocycles. The van der Waals surface area contributed by atoms with Crippen molar-refractivity contribution >= 4 is 40.8 Å². The SMILES string of the molecule is O=C(Cc1ccc(F)cc1)NC(=S)Nc1ccc(Oc2ccnc(NC(=O)N3CCN(CCN4CCC4)CC3)c2)cc1. The van der Waals surface area contributed by atoms with E-state index in [0.29, 0.717) is 41.7 Å². The molecule has 0 atom stereocenters. The minimum absolute atomic E-state index is 0.0822. The molecule has 3 heterocycles. The van der Waals surface area contributed by atoms with Crippen molar-refractivity contribution in [2.75, 3.05) is 63.0 Å². The molecule has 10 nitrogen and oxygen atoms in total. The summed E-state index contributed by atoms with van der Waals surface area (Å²) in [6.07, 6.45) is 2.97. The third kappa shape index (κ3) is 8.68. The Morgan fingerprint density at radius 3 is 2.21 bits per heavy atom. The molecule has 2 fully saturated rings. The van der Waals surface area contributed by atoms with Crippen LogP contribution in [0.5, 0.6) is 11.5 Å². The number of ether oxygens (including phenoxy) is 1. The second-order valence-corrected chi connectivity index (χ2v) is 10.7. The number of nitrogens with zero attached hydrogens (tertiary/aromatic N) is 4. The van der Waals surface area contributed by atoms with E-state index in [9.17, 15) is 14.0 Å². The lowest BCUT2D eigenvalue weighted by atomic mass is 10.1. The van der Waals surface area contributed by atoms with Crippen molar-refractivity contribution in [3.8, 4) is 11.5 Å². The predicted molar refractivity (Wildman–Crippen MR) is 163 cm³/mol. The Morgan fingerprint density at radius 1 is 0.857 bits per heavy atom. The lowest BCUT2D eigenvalue weighted by molar-refractivity contribution is -0.119. The standard InChI is InChI=1S/C30H34FN7O3S/c31-23-4-2-22(3-5-23)20-28(39)35-29(42)33-24-6-8-25(9-7-24)41-26-10-11-32-27(21-26)34-30(40)38-18-16-37(17-19-38)15-14-36-12-1-13-36/h2-11,21H,1,12-20H2,(H,32,34,40)(H2,33,35,39,42). The van der Waals surface area contributed by atoms with Gasteiger partial charge in [-0.2, -0.15) is 0 Å². The molecule has 220 valence electrons. The summed E-state index contributed by atoms with van der Waals surface area (Å²) in [6.45, 7) is 7.68. The van der Waals surface area contributed by atoms with Crippen LogP contribution in [0.25, 0.3) is 0 Å². The molecule has 42 heavy (non-hydrogen) atoms. The Labute approximate surface area is 249 Å². The second-order valence-electron chi connectivity index (χ2n) is 10.3. The lowest BCUT2D eigenvalue weighted by Crippen LogP contribution is -2.52. The molecule has 0 radical (unpaired) electrons. The van der Waals surface area contributed by atoms with Crippen LogP contribution in [0.15, 0.2) is 66.9 Å². The van der Waals surface area contributed by atoms with Gasteiger partial charge in [0.15, 0.2) is 5.11 Å². The summed E-state index contributed by atoms with van der Waals surface area (Å²) in [4.78, 5) is 36.0. The van der Waals surface area contributed by atoms with Gasteiger partial charge in [-0.15, -0.1) is 0 Å². The third-order valence-corrected chi connectivity index (χ3v) is 7.39. The summed E-state index contributed by atoms with van der Waals surface area (Å²) in [6, 6.07) is 16.0. The highest BCUT2D eigenvalue weighted by molar-refractivity contribution is 7.80. The molecule has 0 unspecified atom stereocenters. The number of amides is 3. The Hall–Kier alpha value is -4.13. The Bertz CT molecular complexity index is 1380. The van der Waals surface area contributed by atoms with Crippen LogP contribution >= 0.6 is 12.2 Å². The molecule has 2 aromatic carbocycles. The Morgan fingerprint density at radius 2 is 1.55 bits per heavy atom. The van der Waals surface area contributed by atoms with Crippen LogP contribution in [-0.4, -0.2) is 89.1 Å². The van der Waals surface area contributed by atoms with Crippen molar-refractivity contribution in [3.05, 3.63) is 78.2 Å². The number of hydrogen-bond acceptors (Lipinski definition) is 7. The van der Waals surface area contributed by atoms with Gasteiger partial charge in [-0.05, 0) is 79.8 Å². The number of anilines is 2. The molecule has 3 amide bonds. The van der Waals surface area contributed by atoms with Gasteiger partial charge in [-0.3, -0.25) is 15.0 Å². The van der Waals surface area contributed by atoms with Gasteiger partial charge in [-0.25, -0.2) is 14.2 Å². The van der Waals surface area contributed by atoms with Crippen LogP contribution in [0.3, 0.4) is 0 Å². The molecule has 2 aliphatic heterocycles. The number of halogens is 1. The normalized spacial score (nSPS) is 15.4. The number of aromatic nitrogens is 1. The number of hydrogen-bond donors (Lipinski definition) is 3. The van der Waals surface area contributed by atoms with Crippen LogP contribution < -0.4 is 20.7 Å². The summed E-state index contributed by atoms with van der Waals surface area (Å²) in [5.74, 6) is 0.856. The van der Waals surface area contributed by atoms with E-state index in [-0.39, 0.29) is 29.3 Å². The van der Waals surface area contributed by atoms with Crippen molar-refractivity contribution in [1.29, 1.82) is 0 Å². The average Bonchev–Trinajstić information content (AvgIpc) is 2.95. The fraction of sp³-hybridized carbons (Fsp3) is 0.333. The largest absolute Gasteiger partial charge is 0.457 e. The topological polar surface area (TPSA) is 102 Å². The van der Waals surface area contributed by atoms with E-state index < -0.39 is 0 Å². The molecule has 0 saturated carbocycles. The Balaban J connectivity index is 1.05. The zero-order valence-electron chi connectivity index (χ0n) is 23.2. The fourth-order valence-corrected chi connectivity index (χ4v) is 4.89. The zero-order chi connectivity index (χ0) is 29.3. The molecule has 3 aromatic rings. The number of carbonyl (C=O) groups excluding carboxylic acids is 2. The maximum atomic E-state index is 13.0. The van der Waals surface area contributed by atoms with Gasteiger partial charge in [0.2, 0.25) is 5.91 Å². The van der Waals surface area contributed by atoms with E-state index in [1.165, 1.54) is 31.6 Å². The zero-order valence-corrected chi connectivity index (χ0v) is 24.0. The van der Waals surface area contributed by atoms with E-state index in [4.69, 9.17) is 17.0 Å². The summed E-state index contributed by atoms with van der Waals surface area (Å²) in [5.41, 5.74) is 1.35. The van der Waals surface area contributed by atoms with Gasteiger partial charge in [-0.1, -0.05) is 12.1 Å². The highest BCUT2D eigenvalue weighted by atomic mass is 32.1. The fourth-order valence-electron chi connectivity index (χ4n) is 4.66. The average molecular weight is 592 g/mol. The van der Waals surface area contributed by atoms with Crippen molar-refractivity contribution in [2.45, 2.75) is 12.8 Å². The van der Waals surface area contributed by atoms with Crippen molar-refractivity contribution in [2.24, 2.45) is 0 Å². The molecule has 3 N–H and O–H groups in total. The van der Waals surface area contributed by atoms with Gasteiger partial charge in [0.1, 0.15) is 23.1 Å². The first-order valence-electron chi connectivity index (χ1n) is 14.0. The number of nitrogens with one attached hydrogen (secondary N) is 3. The van der Waals surface area contributed by atoms with E-state index >= 15 is 0 Å². The minimum Gasteiger partial charge on any atom is -0.457 e. The number of pyridine rings is 1. The van der Waals surface area contributed by atoms with Crippen molar-refractivity contribution in [3.63, 3.8) is 0 Å². The van der Waals surface area contributed by atoms with Gasteiger partial charge >= 0.3 is 6.03 Å². The van der Waals surface area contributed by atoms with Gasteiger partial charge in [0, 0.05) is 57.2 Å². The molecular weight excluding hydrogens is 557 g/mol. The molecule has 12 heteroatoms. The molecular formula is C30H34FN7O3S. The Kier molecular flexibility index (Phi) is 9.90. The number of thiocarbonyl (C=S) groups is 1. The maximum absolute atomic E-state index is 13.0. The number of benzene rings is 2. The van der Waals surface area contributed by atoms with Crippen LogP contribution in [0, 0.1) is 5.82 Å². The van der Waals surface area contributed by atoms with Crippen molar-refractivity contribution in [1.82, 2.24) is 25.0 Å². The van der Waals surface area contributed by atoms with E-state index in [1.54, 1.807) is 54.7 Å². The lowest BCUT2D eigenvalue weighted by Gasteiger charge is -2.37. The summed E-state index contributed by atoms with van der Waals surface area (Å²) in [7, 11) is 0. The van der Waals surface area contributed by atoms with E-state index in [0.717, 1.165) is 26.2 Å². The van der Waals surface area contributed by atoms with E-state index in [1.807, 2.05) is 4.90 Å².